The number of anilines is 1. The van der Waals surface area contributed by atoms with E-state index in [4.69, 9.17) is 4.74 Å². The molecule has 0 saturated carbocycles. The zero-order valence-corrected chi connectivity index (χ0v) is 18.5. The smallest absolute Gasteiger partial charge is 0.246 e. The maximum Gasteiger partial charge on any atom is 0.246 e. The second-order valence-electron chi connectivity index (χ2n) is 7.60. The molecule has 0 saturated heterocycles. The number of Topliss-reactive ketones (excluding diaryl/α,β-unsaturated/α-hetero) is 1. The van der Waals surface area contributed by atoms with Crippen molar-refractivity contribution < 1.29 is 14.3 Å². The lowest BCUT2D eigenvalue weighted by atomic mass is 10.0. The molecule has 0 aliphatic rings. The summed E-state index contributed by atoms with van der Waals surface area (Å²) >= 11 is 0. The van der Waals surface area contributed by atoms with Crippen LogP contribution in [0.15, 0.2) is 91.5 Å². The summed E-state index contributed by atoms with van der Waals surface area (Å²) in [6.07, 6.45) is 1.71. The van der Waals surface area contributed by atoms with Crippen LogP contribution in [0.5, 0.6) is 5.75 Å². The van der Waals surface area contributed by atoms with E-state index in [9.17, 15) is 9.59 Å². The van der Waals surface area contributed by atoms with Gasteiger partial charge in [-0.1, -0.05) is 67.3 Å². The first-order valence-electron chi connectivity index (χ1n) is 10.5. The third-order valence-corrected chi connectivity index (χ3v) is 5.06. The molecule has 3 aromatic rings. The maximum atomic E-state index is 13.3. The second-order valence-corrected chi connectivity index (χ2v) is 7.60. The van der Waals surface area contributed by atoms with Crippen LogP contribution in [0.2, 0.25) is 0 Å². The Bertz CT molecular complexity index is 1060. The summed E-state index contributed by atoms with van der Waals surface area (Å²) in [5.41, 5.74) is 3.11. The molecule has 5 nitrogen and oxygen atoms in total. The first-order chi connectivity index (χ1) is 15.5. The Kier molecular flexibility index (Phi) is 7.95. The lowest BCUT2D eigenvalue weighted by Gasteiger charge is -2.28. The fraction of sp³-hybridized carbons (Fsp3) is 0.185. The predicted octanol–water partition coefficient (Wildman–Crippen LogP) is 5.27. The number of hydrogen-bond donors (Lipinski definition) is 1. The quantitative estimate of drug-likeness (QED) is 0.353. The van der Waals surface area contributed by atoms with E-state index < -0.39 is 6.04 Å². The maximum absolute atomic E-state index is 13.3. The van der Waals surface area contributed by atoms with E-state index >= 15 is 0 Å². The molecule has 1 N–H and O–H groups in total. The summed E-state index contributed by atoms with van der Waals surface area (Å²) < 4.78 is 5.54. The first kappa shape index (κ1) is 23.0. The molecule has 0 aliphatic heterocycles. The van der Waals surface area contributed by atoms with E-state index in [1.165, 1.54) is 6.92 Å². The molecule has 3 rings (SSSR count). The van der Waals surface area contributed by atoms with Gasteiger partial charge in [-0.3, -0.25) is 14.5 Å². The number of ether oxygens (including phenoxy) is 1. The van der Waals surface area contributed by atoms with E-state index in [-0.39, 0.29) is 11.7 Å². The van der Waals surface area contributed by atoms with Crippen LogP contribution in [0.4, 0.5) is 5.69 Å². The predicted molar refractivity (Wildman–Crippen MR) is 128 cm³/mol. The summed E-state index contributed by atoms with van der Waals surface area (Å²) in [4.78, 5) is 27.0. The molecule has 5 heteroatoms. The Balaban J connectivity index is 1.79. The number of amides is 1. The van der Waals surface area contributed by atoms with Gasteiger partial charge < -0.3 is 10.1 Å². The molecule has 1 amide bonds. The molecule has 3 aromatic carbocycles. The molecule has 0 aliphatic carbocycles. The van der Waals surface area contributed by atoms with Crippen molar-refractivity contribution in [2.45, 2.75) is 19.5 Å². The normalized spacial score (nSPS) is 11.6. The molecule has 0 unspecified atom stereocenters. The van der Waals surface area contributed by atoms with E-state index in [1.54, 1.807) is 30.3 Å². The standard InChI is InChI=1S/C27H28N2O3/c1-4-17-32-25-15-13-21(14-16-25)19-29(3)26(22-9-6-5-7-10-22)27(31)28-24-12-8-11-23(18-24)20(2)30/h4-16,18,26H,1,17,19H2,2-3H3,(H,28,31)/t26-/m0/s1. The van der Waals surface area contributed by atoms with Gasteiger partial charge in [0.1, 0.15) is 18.4 Å². The number of ketones is 1. The van der Waals surface area contributed by atoms with Crippen molar-refractivity contribution in [3.05, 3.63) is 108 Å². The number of carbonyl (C=O) groups is 2. The van der Waals surface area contributed by atoms with Gasteiger partial charge in [0.25, 0.3) is 0 Å². The van der Waals surface area contributed by atoms with Crippen molar-refractivity contribution in [3.8, 4) is 5.75 Å². The summed E-state index contributed by atoms with van der Waals surface area (Å²) in [5, 5.41) is 2.97. The Morgan fingerprint density at radius 1 is 1.03 bits per heavy atom. The fourth-order valence-corrected chi connectivity index (χ4v) is 3.49. The van der Waals surface area contributed by atoms with Crippen LogP contribution in [-0.2, 0) is 11.3 Å². The number of nitrogens with one attached hydrogen (secondary N) is 1. The second kappa shape index (κ2) is 11.1. The highest BCUT2D eigenvalue weighted by atomic mass is 16.5. The monoisotopic (exact) mass is 428 g/mol. The van der Waals surface area contributed by atoms with Crippen molar-refractivity contribution in [1.29, 1.82) is 0 Å². The molecule has 0 bridgehead atoms. The molecular formula is C27H28N2O3. The van der Waals surface area contributed by atoms with E-state index in [1.807, 2.05) is 66.5 Å². The SMILES string of the molecule is C=CCOc1ccc(CN(C)[C@H](C(=O)Nc2cccc(C(C)=O)c2)c2ccccc2)cc1. The molecule has 0 heterocycles. The Labute approximate surface area is 189 Å². The van der Waals surface area contributed by atoms with Crippen molar-refractivity contribution >= 4 is 17.4 Å². The largest absolute Gasteiger partial charge is 0.490 e. The number of hydrogen-bond acceptors (Lipinski definition) is 4. The summed E-state index contributed by atoms with van der Waals surface area (Å²) in [6.45, 7) is 6.19. The third kappa shape index (κ3) is 6.15. The van der Waals surface area contributed by atoms with Gasteiger partial charge in [-0.15, -0.1) is 0 Å². The number of likely N-dealkylation sites (N-methyl/N-ethyl adjacent to an activating group) is 1. The topological polar surface area (TPSA) is 58.6 Å². The van der Waals surface area contributed by atoms with Gasteiger partial charge >= 0.3 is 0 Å². The first-order valence-corrected chi connectivity index (χ1v) is 10.5. The van der Waals surface area contributed by atoms with Crippen LogP contribution in [0.25, 0.3) is 0 Å². The van der Waals surface area contributed by atoms with Crippen molar-refractivity contribution in [3.63, 3.8) is 0 Å². The third-order valence-electron chi connectivity index (χ3n) is 5.06. The zero-order valence-electron chi connectivity index (χ0n) is 18.5. The van der Waals surface area contributed by atoms with Crippen molar-refractivity contribution in [1.82, 2.24) is 4.90 Å². The van der Waals surface area contributed by atoms with Gasteiger partial charge in [-0.2, -0.15) is 0 Å². The van der Waals surface area contributed by atoms with E-state index in [2.05, 4.69) is 11.9 Å². The lowest BCUT2D eigenvalue weighted by Crippen LogP contribution is -2.34. The Hall–Kier alpha value is -3.70. The van der Waals surface area contributed by atoms with E-state index in [0.717, 1.165) is 16.9 Å². The van der Waals surface area contributed by atoms with Crippen LogP contribution >= 0.6 is 0 Å². The average molecular weight is 429 g/mol. The van der Waals surface area contributed by atoms with Gasteiger partial charge in [-0.05, 0) is 49.4 Å². The molecule has 0 fully saturated rings. The molecular weight excluding hydrogens is 400 g/mol. The van der Waals surface area contributed by atoms with Gasteiger partial charge in [0.15, 0.2) is 5.78 Å². The average Bonchev–Trinajstić information content (AvgIpc) is 2.79. The van der Waals surface area contributed by atoms with Crippen LogP contribution in [0.3, 0.4) is 0 Å². The molecule has 1 atom stereocenters. The zero-order chi connectivity index (χ0) is 22.9. The molecule has 164 valence electrons. The minimum Gasteiger partial charge on any atom is -0.490 e. The minimum atomic E-state index is -0.506. The van der Waals surface area contributed by atoms with Gasteiger partial charge in [0, 0.05) is 17.8 Å². The van der Waals surface area contributed by atoms with Gasteiger partial charge in [-0.25, -0.2) is 0 Å². The van der Waals surface area contributed by atoms with Crippen LogP contribution in [-0.4, -0.2) is 30.2 Å². The molecule has 32 heavy (non-hydrogen) atoms. The highest BCUT2D eigenvalue weighted by Gasteiger charge is 2.25. The highest BCUT2D eigenvalue weighted by molar-refractivity contribution is 5.98. The highest BCUT2D eigenvalue weighted by Crippen LogP contribution is 2.24. The van der Waals surface area contributed by atoms with E-state index in [0.29, 0.717) is 24.4 Å². The fourth-order valence-electron chi connectivity index (χ4n) is 3.49. The molecule has 0 radical (unpaired) electrons. The summed E-state index contributed by atoms with van der Waals surface area (Å²) in [5.74, 6) is 0.572. The van der Waals surface area contributed by atoms with Crippen molar-refractivity contribution in [2.24, 2.45) is 0 Å². The number of benzene rings is 3. The van der Waals surface area contributed by atoms with Gasteiger partial charge in [0.2, 0.25) is 5.91 Å². The van der Waals surface area contributed by atoms with Crippen LogP contribution in [0, 0.1) is 0 Å². The number of nitrogens with zero attached hydrogens (tertiary/aromatic N) is 1. The molecule has 0 spiro atoms. The van der Waals surface area contributed by atoms with Gasteiger partial charge in [0.05, 0.1) is 0 Å². The van der Waals surface area contributed by atoms with Crippen LogP contribution in [0.1, 0.15) is 34.5 Å². The summed E-state index contributed by atoms with van der Waals surface area (Å²) in [7, 11) is 1.92. The molecule has 0 aromatic heterocycles. The summed E-state index contributed by atoms with van der Waals surface area (Å²) in [6, 6.07) is 24.0. The Morgan fingerprint density at radius 3 is 2.41 bits per heavy atom. The van der Waals surface area contributed by atoms with Crippen LogP contribution < -0.4 is 10.1 Å². The number of carbonyl (C=O) groups excluding carboxylic acids is 2. The minimum absolute atomic E-state index is 0.0432. The number of rotatable bonds is 10. The lowest BCUT2D eigenvalue weighted by molar-refractivity contribution is -0.121. The Morgan fingerprint density at radius 2 is 1.75 bits per heavy atom. The van der Waals surface area contributed by atoms with Crippen molar-refractivity contribution in [2.75, 3.05) is 19.0 Å².